The molecule has 1 aliphatic heterocycles. The van der Waals surface area contributed by atoms with Crippen LogP contribution in [0.15, 0.2) is 23.1 Å². The summed E-state index contributed by atoms with van der Waals surface area (Å²) in [6.07, 6.45) is 0. The summed E-state index contributed by atoms with van der Waals surface area (Å²) in [7, 11) is 0. The summed E-state index contributed by atoms with van der Waals surface area (Å²) in [6, 6.07) is 6.65. The summed E-state index contributed by atoms with van der Waals surface area (Å²) in [4.78, 5) is 1.43. The van der Waals surface area contributed by atoms with E-state index in [2.05, 4.69) is 32.0 Å². The fourth-order valence-corrected chi connectivity index (χ4v) is 2.62. The molecular formula is C12H16OS. The van der Waals surface area contributed by atoms with Gasteiger partial charge in [-0.2, -0.15) is 0 Å². The summed E-state index contributed by atoms with van der Waals surface area (Å²) < 4.78 is 5.16. The zero-order valence-corrected chi connectivity index (χ0v) is 9.56. The lowest BCUT2D eigenvalue weighted by Gasteiger charge is -2.25. The number of benzene rings is 1. The number of ether oxygens (including phenoxy) is 1. The molecule has 1 fully saturated rings. The topological polar surface area (TPSA) is 9.23 Å². The van der Waals surface area contributed by atoms with E-state index in [0.29, 0.717) is 0 Å². The molecule has 2 rings (SSSR count). The van der Waals surface area contributed by atoms with Crippen LogP contribution in [0.3, 0.4) is 0 Å². The molecule has 0 unspecified atom stereocenters. The Labute approximate surface area is 89.9 Å². The number of hydrogen-bond acceptors (Lipinski definition) is 2. The lowest BCUT2D eigenvalue weighted by atomic mass is 10.1. The Morgan fingerprint density at radius 3 is 2.79 bits per heavy atom. The minimum atomic E-state index is 0.778. The molecule has 0 amide bonds. The van der Waals surface area contributed by atoms with E-state index in [-0.39, 0.29) is 0 Å². The maximum absolute atomic E-state index is 5.16. The third kappa shape index (κ3) is 2.31. The highest BCUT2D eigenvalue weighted by Gasteiger charge is 2.18. The number of rotatable bonds is 3. The van der Waals surface area contributed by atoms with Crippen LogP contribution in [0, 0.1) is 19.8 Å². The van der Waals surface area contributed by atoms with E-state index in [1.165, 1.54) is 21.8 Å². The lowest BCUT2D eigenvalue weighted by Crippen LogP contribution is -2.29. The van der Waals surface area contributed by atoms with Crippen LogP contribution in [-0.2, 0) is 4.74 Å². The lowest BCUT2D eigenvalue weighted by molar-refractivity contribution is -0.0196. The van der Waals surface area contributed by atoms with Crippen molar-refractivity contribution in [3.8, 4) is 0 Å². The van der Waals surface area contributed by atoms with Crippen LogP contribution in [0.4, 0.5) is 0 Å². The van der Waals surface area contributed by atoms with Crippen LogP contribution in [0.5, 0.6) is 0 Å². The Balaban J connectivity index is 1.96. The van der Waals surface area contributed by atoms with Gasteiger partial charge in [-0.05, 0) is 25.5 Å². The molecule has 2 heteroatoms. The first-order valence-electron chi connectivity index (χ1n) is 5.03. The van der Waals surface area contributed by atoms with Gasteiger partial charge in [-0.25, -0.2) is 0 Å². The van der Waals surface area contributed by atoms with E-state index in [9.17, 15) is 0 Å². The highest BCUT2D eigenvalue weighted by atomic mass is 32.2. The summed E-state index contributed by atoms with van der Waals surface area (Å²) in [5, 5.41) is 0. The second-order valence-electron chi connectivity index (χ2n) is 3.98. The highest BCUT2D eigenvalue weighted by molar-refractivity contribution is 7.99. The highest BCUT2D eigenvalue weighted by Crippen LogP contribution is 2.27. The molecule has 0 saturated carbocycles. The molecule has 76 valence electrons. The van der Waals surface area contributed by atoms with Crippen molar-refractivity contribution in [1.29, 1.82) is 0 Å². The van der Waals surface area contributed by atoms with Gasteiger partial charge in [-0.15, -0.1) is 11.8 Å². The summed E-state index contributed by atoms with van der Waals surface area (Å²) in [5.74, 6) is 1.98. The minimum absolute atomic E-state index is 0.778. The largest absolute Gasteiger partial charge is 0.381 e. The number of thioether (sulfide) groups is 1. The number of aryl methyl sites for hydroxylation is 2. The van der Waals surface area contributed by atoms with Crippen LogP contribution in [-0.4, -0.2) is 19.0 Å². The fraction of sp³-hybridized carbons (Fsp3) is 0.500. The molecule has 1 aromatic rings. The zero-order valence-electron chi connectivity index (χ0n) is 8.75. The second-order valence-corrected chi connectivity index (χ2v) is 5.05. The van der Waals surface area contributed by atoms with Crippen molar-refractivity contribution in [3.63, 3.8) is 0 Å². The van der Waals surface area contributed by atoms with Crippen molar-refractivity contribution >= 4 is 11.8 Å². The fourth-order valence-electron chi connectivity index (χ4n) is 1.45. The average molecular weight is 208 g/mol. The minimum Gasteiger partial charge on any atom is -0.381 e. The van der Waals surface area contributed by atoms with Crippen molar-refractivity contribution in [1.82, 2.24) is 0 Å². The van der Waals surface area contributed by atoms with Crippen molar-refractivity contribution in [3.05, 3.63) is 29.3 Å². The summed E-state index contributed by atoms with van der Waals surface area (Å²) in [6.45, 7) is 6.24. The monoisotopic (exact) mass is 208 g/mol. The first-order chi connectivity index (χ1) is 6.75. The van der Waals surface area contributed by atoms with Crippen LogP contribution in [0.1, 0.15) is 11.1 Å². The van der Waals surface area contributed by atoms with E-state index in [4.69, 9.17) is 4.74 Å². The third-order valence-corrected chi connectivity index (χ3v) is 3.91. The maximum Gasteiger partial charge on any atom is 0.0524 e. The molecule has 1 saturated heterocycles. The Hall–Kier alpha value is -0.470. The van der Waals surface area contributed by atoms with Crippen LogP contribution >= 0.6 is 11.8 Å². The van der Waals surface area contributed by atoms with Gasteiger partial charge in [0.15, 0.2) is 0 Å². The predicted molar refractivity (Wildman–Crippen MR) is 60.9 cm³/mol. The van der Waals surface area contributed by atoms with Gasteiger partial charge in [0.25, 0.3) is 0 Å². The van der Waals surface area contributed by atoms with Gasteiger partial charge in [0, 0.05) is 16.6 Å². The van der Waals surface area contributed by atoms with Crippen molar-refractivity contribution in [2.24, 2.45) is 5.92 Å². The van der Waals surface area contributed by atoms with E-state index in [1.807, 2.05) is 11.8 Å². The first-order valence-corrected chi connectivity index (χ1v) is 6.02. The van der Waals surface area contributed by atoms with Gasteiger partial charge >= 0.3 is 0 Å². The Kier molecular flexibility index (Phi) is 3.14. The molecular weight excluding hydrogens is 192 g/mol. The van der Waals surface area contributed by atoms with E-state index >= 15 is 0 Å². The zero-order chi connectivity index (χ0) is 9.97. The van der Waals surface area contributed by atoms with Gasteiger partial charge in [0.05, 0.1) is 13.2 Å². The second kappa shape index (κ2) is 4.37. The smallest absolute Gasteiger partial charge is 0.0524 e. The summed E-state index contributed by atoms with van der Waals surface area (Å²) >= 11 is 1.97. The molecule has 0 spiro atoms. The van der Waals surface area contributed by atoms with Crippen LogP contribution in [0.25, 0.3) is 0 Å². The first kappa shape index (κ1) is 10.1. The van der Waals surface area contributed by atoms with Gasteiger partial charge < -0.3 is 4.74 Å². The predicted octanol–water partition coefficient (Wildman–Crippen LogP) is 3.04. The summed E-state index contributed by atoms with van der Waals surface area (Å²) in [5.41, 5.74) is 2.74. The molecule has 0 aliphatic carbocycles. The van der Waals surface area contributed by atoms with E-state index < -0.39 is 0 Å². The van der Waals surface area contributed by atoms with Gasteiger partial charge in [0.2, 0.25) is 0 Å². The Morgan fingerprint density at radius 1 is 1.36 bits per heavy atom. The average Bonchev–Trinajstić information content (AvgIpc) is 2.08. The third-order valence-electron chi connectivity index (χ3n) is 2.53. The SMILES string of the molecule is Cc1ccc(C)c(SCC2COC2)c1. The molecule has 0 N–H and O–H groups in total. The van der Waals surface area contributed by atoms with Crippen LogP contribution < -0.4 is 0 Å². The molecule has 0 aromatic heterocycles. The van der Waals surface area contributed by atoms with Gasteiger partial charge in [-0.3, -0.25) is 0 Å². The maximum atomic E-state index is 5.16. The van der Waals surface area contributed by atoms with E-state index in [0.717, 1.165) is 19.1 Å². The Bertz CT molecular complexity index is 318. The van der Waals surface area contributed by atoms with Gasteiger partial charge in [-0.1, -0.05) is 17.7 Å². The standard InChI is InChI=1S/C12H16OS/c1-9-3-4-10(2)12(5-9)14-8-11-6-13-7-11/h3-5,11H,6-8H2,1-2H3. The quantitative estimate of drug-likeness (QED) is 0.706. The molecule has 0 radical (unpaired) electrons. The molecule has 14 heavy (non-hydrogen) atoms. The van der Waals surface area contributed by atoms with Crippen molar-refractivity contribution < 1.29 is 4.74 Å². The normalized spacial score (nSPS) is 16.7. The molecule has 1 aliphatic rings. The number of hydrogen-bond donors (Lipinski definition) is 0. The molecule has 1 aromatic carbocycles. The molecule has 0 bridgehead atoms. The van der Waals surface area contributed by atoms with E-state index in [1.54, 1.807) is 0 Å². The van der Waals surface area contributed by atoms with Crippen molar-refractivity contribution in [2.45, 2.75) is 18.7 Å². The van der Waals surface area contributed by atoms with Crippen molar-refractivity contribution in [2.75, 3.05) is 19.0 Å². The molecule has 1 heterocycles. The van der Waals surface area contributed by atoms with Crippen LogP contribution in [0.2, 0.25) is 0 Å². The molecule has 1 nitrogen and oxygen atoms in total. The molecule has 0 atom stereocenters. The Morgan fingerprint density at radius 2 is 2.14 bits per heavy atom. The van der Waals surface area contributed by atoms with Gasteiger partial charge in [0.1, 0.15) is 0 Å².